The fraction of sp³-hybridized carbons (Fsp3) is 0.385. The third-order valence-corrected chi connectivity index (χ3v) is 2.94. The van der Waals surface area contributed by atoms with Crippen LogP contribution in [0.5, 0.6) is 0 Å². The van der Waals surface area contributed by atoms with Gasteiger partial charge in [-0.15, -0.1) is 0 Å². The summed E-state index contributed by atoms with van der Waals surface area (Å²) in [5.74, 6) is 0.676. The van der Waals surface area contributed by atoms with Crippen molar-refractivity contribution in [2.45, 2.75) is 32.2 Å². The molecule has 0 saturated carbocycles. The Hall–Kier alpha value is -2.28. The highest BCUT2D eigenvalue weighted by Crippen LogP contribution is 2.23. The quantitative estimate of drug-likeness (QED) is 0.642. The first-order valence-electron chi connectivity index (χ1n) is 6.46. The van der Waals surface area contributed by atoms with Gasteiger partial charge in [-0.25, -0.2) is 0 Å². The van der Waals surface area contributed by atoms with E-state index in [1.54, 1.807) is 12.1 Å². The van der Waals surface area contributed by atoms with Crippen LogP contribution in [0, 0.1) is 10.1 Å². The average Bonchev–Trinajstić information content (AvgIpc) is 2.94. The molecule has 7 nitrogen and oxygen atoms in total. The number of nitro benzene ring substituents is 1. The van der Waals surface area contributed by atoms with E-state index in [1.807, 2.05) is 0 Å². The molecule has 7 heteroatoms. The Bertz CT molecular complexity index is 597. The number of hydrogen-bond acceptors (Lipinski definition) is 6. The predicted molar refractivity (Wildman–Crippen MR) is 72.8 cm³/mol. The molecule has 2 aromatic rings. The van der Waals surface area contributed by atoms with Crippen LogP contribution in [0.25, 0.3) is 11.4 Å². The molecule has 1 aromatic heterocycles. The Labute approximate surface area is 115 Å². The summed E-state index contributed by atoms with van der Waals surface area (Å²) < 4.78 is 5.12. The van der Waals surface area contributed by atoms with Crippen molar-refractivity contribution in [2.75, 3.05) is 0 Å². The van der Waals surface area contributed by atoms with Crippen molar-refractivity contribution >= 4 is 5.69 Å². The van der Waals surface area contributed by atoms with Crippen LogP contribution in [-0.2, 0) is 0 Å². The lowest BCUT2D eigenvalue weighted by atomic mass is 10.1. The number of non-ortho nitro benzene ring substituents is 1. The highest BCUT2D eigenvalue weighted by molar-refractivity contribution is 5.58. The van der Waals surface area contributed by atoms with Crippen molar-refractivity contribution in [3.63, 3.8) is 0 Å². The van der Waals surface area contributed by atoms with Crippen LogP contribution in [0.2, 0.25) is 0 Å². The van der Waals surface area contributed by atoms with E-state index >= 15 is 0 Å². The molecule has 0 aliphatic carbocycles. The Morgan fingerprint density at radius 1 is 1.50 bits per heavy atom. The van der Waals surface area contributed by atoms with Gasteiger partial charge in [-0.3, -0.25) is 10.1 Å². The van der Waals surface area contributed by atoms with Crippen LogP contribution >= 0.6 is 0 Å². The van der Waals surface area contributed by atoms with E-state index in [0.29, 0.717) is 17.3 Å². The highest BCUT2D eigenvalue weighted by atomic mass is 16.6. The van der Waals surface area contributed by atoms with Gasteiger partial charge in [0.1, 0.15) is 0 Å². The molecular formula is C13H16N4O3. The lowest BCUT2D eigenvalue weighted by Crippen LogP contribution is -2.10. The summed E-state index contributed by atoms with van der Waals surface area (Å²) in [4.78, 5) is 14.5. The van der Waals surface area contributed by atoms with Crippen molar-refractivity contribution in [1.29, 1.82) is 0 Å². The third kappa shape index (κ3) is 3.18. The van der Waals surface area contributed by atoms with Crippen molar-refractivity contribution in [2.24, 2.45) is 5.73 Å². The molecule has 1 heterocycles. The number of unbranched alkanes of at least 4 members (excludes halogenated alkanes) is 1. The fourth-order valence-corrected chi connectivity index (χ4v) is 1.81. The monoisotopic (exact) mass is 276 g/mol. The summed E-state index contributed by atoms with van der Waals surface area (Å²) in [6, 6.07) is 5.80. The number of rotatable bonds is 6. The zero-order valence-electron chi connectivity index (χ0n) is 11.2. The number of hydrogen-bond donors (Lipinski definition) is 1. The van der Waals surface area contributed by atoms with Crippen LogP contribution in [0.4, 0.5) is 5.69 Å². The first kappa shape index (κ1) is 14.1. The molecule has 0 aliphatic rings. The number of nitro groups is 1. The van der Waals surface area contributed by atoms with Gasteiger partial charge in [0.15, 0.2) is 0 Å². The number of nitrogens with zero attached hydrogens (tertiary/aromatic N) is 3. The predicted octanol–water partition coefficient (Wildman–Crippen LogP) is 2.83. The lowest BCUT2D eigenvalue weighted by molar-refractivity contribution is -0.384. The largest absolute Gasteiger partial charge is 0.337 e. The number of aromatic nitrogens is 2. The molecule has 106 valence electrons. The van der Waals surface area contributed by atoms with E-state index in [4.69, 9.17) is 10.3 Å². The van der Waals surface area contributed by atoms with Gasteiger partial charge in [0.2, 0.25) is 11.7 Å². The normalized spacial score (nSPS) is 12.3. The molecular weight excluding hydrogens is 260 g/mol. The maximum Gasteiger partial charge on any atom is 0.270 e. The van der Waals surface area contributed by atoms with E-state index in [2.05, 4.69) is 17.1 Å². The molecule has 0 radical (unpaired) electrons. The average molecular weight is 276 g/mol. The van der Waals surface area contributed by atoms with E-state index in [1.165, 1.54) is 12.1 Å². The second-order valence-electron chi connectivity index (χ2n) is 4.51. The Kier molecular flexibility index (Phi) is 4.41. The molecule has 1 atom stereocenters. The smallest absolute Gasteiger partial charge is 0.270 e. The second kappa shape index (κ2) is 6.25. The van der Waals surface area contributed by atoms with E-state index in [-0.39, 0.29) is 11.7 Å². The minimum absolute atomic E-state index is 0.0101. The minimum Gasteiger partial charge on any atom is -0.337 e. The van der Waals surface area contributed by atoms with Gasteiger partial charge in [0.25, 0.3) is 5.69 Å². The maximum atomic E-state index is 10.7. The second-order valence-corrected chi connectivity index (χ2v) is 4.51. The van der Waals surface area contributed by atoms with Crippen LogP contribution in [-0.4, -0.2) is 15.1 Å². The molecule has 2 rings (SSSR count). The van der Waals surface area contributed by atoms with Crippen LogP contribution in [0.1, 0.15) is 38.1 Å². The molecule has 2 N–H and O–H groups in total. The van der Waals surface area contributed by atoms with Gasteiger partial charge < -0.3 is 10.3 Å². The van der Waals surface area contributed by atoms with Gasteiger partial charge in [0, 0.05) is 17.7 Å². The van der Waals surface area contributed by atoms with Crippen molar-refractivity contribution < 1.29 is 9.45 Å². The molecule has 0 spiro atoms. The summed E-state index contributed by atoms with van der Waals surface area (Å²) in [5, 5.41) is 14.6. The molecule has 0 fully saturated rings. The van der Waals surface area contributed by atoms with Gasteiger partial charge in [-0.1, -0.05) is 37.1 Å². The SMILES string of the molecule is CCCC[C@H](N)c1nc(-c2cccc([N+](=O)[O-])c2)no1. The van der Waals surface area contributed by atoms with Crippen molar-refractivity contribution in [3.8, 4) is 11.4 Å². The van der Waals surface area contributed by atoms with Gasteiger partial charge in [-0.05, 0) is 6.42 Å². The summed E-state index contributed by atoms with van der Waals surface area (Å²) in [6.45, 7) is 2.08. The maximum absolute atomic E-state index is 10.7. The molecule has 20 heavy (non-hydrogen) atoms. The minimum atomic E-state index is -0.461. The summed E-state index contributed by atoms with van der Waals surface area (Å²) >= 11 is 0. The number of benzene rings is 1. The molecule has 0 unspecified atom stereocenters. The van der Waals surface area contributed by atoms with E-state index in [0.717, 1.165) is 19.3 Å². The van der Waals surface area contributed by atoms with Crippen LogP contribution in [0.15, 0.2) is 28.8 Å². The zero-order valence-corrected chi connectivity index (χ0v) is 11.2. The van der Waals surface area contributed by atoms with Gasteiger partial charge in [0.05, 0.1) is 11.0 Å². The van der Waals surface area contributed by atoms with Gasteiger partial charge in [-0.2, -0.15) is 4.98 Å². The standard InChI is InChI=1S/C13H16N4O3/c1-2-3-7-11(14)13-15-12(16-20-13)9-5-4-6-10(8-9)17(18)19/h4-6,8,11H,2-3,7,14H2,1H3/t11-/m0/s1. The van der Waals surface area contributed by atoms with E-state index in [9.17, 15) is 10.1 Å². The summed E-state index contributed by atoms with van der Waals surface area (Å²) in [5.41, 5.74) is 6.47. The molecule has 1 aromatic carbocycles. The lowest BCUT2D eigenvalue weighted by Gasteiger charge is -2.03. The summed E-state index contributed by atoms with van der Waals surface area (Å²) in [6.07, 6.45) is 2.79. The number of nitrogens with two attached hydrogens (primary N) is 1. The third-order valence-electron chi connectivity index (χ3n) is 2.94. The first-order valence-corrected chi connectivity index (χ1v) is 6.46. The highest BCUT2D eigenvalue weighted by Gasteiger charge is 2.16. The van der Waals surface area contributed by atoms with Crippen molar-refractivity contribution in [3.05, 3.63) is 40.3 Å². The molecule has 0 bridgehead atoms. The first-order chi connectivity index (χ1) is 9.61. The van der Waals surface area contributed by atoms with Crippen LogP contribution < -0.4 is 5.73 Å². The molecule has 0 amide bonds. The molecule has 0 saturated heterocycles. The molecule has 0 aliphatic heterocycles. The van der Waals surface area contributed by atoms with Crippen LogP contribution in [0.3, 0.4) is 0 Å². The zero-order chi connectivity index (χ0) is 14.5. The Morgan fingerprint density at radius 3 is 3.00 bits per heavy atom. The Morgan fingerprint density at radius 2 is 2.30 bits per heavy atom. The van der Waals surface area contributed by atoms with Gasteiger partial charge >= 0.3 is 0 Å². The fourth-order valence-electron chi connectivity index (χ4n) is 1.81. The topological polar surface area (TPSA) is 108 Å². The van der Waals surface area contributed by atoms with E-state index < -0.39 is 4.92 Å². The Balaban J connectivity index is 2.20. The summed E-state index contributed by atoms with van der Waals surface area (Å²) in [7, 11) is 0. The van der Waals surface area contributed by atoms with Crippen molar-refractivity contribution in [1.82, 2.24) is 10.1 Å².